The van der Waals surface area contributed by atoms with Crippen LogP contribution in [0.4, 0.5) is 0 Å². The van der Waals surface area contributed by atoms with Crippen LogP contribution in [-0.4, -0.2) is 15.3 Å². The molecule has 0 atom stereocenters. The lowest BCUT2D eigenvalue weighted by molar-refractivity contribution is 0.460. The van der Waals surface area contributed by atoms with Crippen molar-refractivity contribution in [2.75, 3.05) is 0 Å². The van der Waals surface area contributed by atoms with Gasteiger partial charge in [-0.25, -0.2) is 0 Å². The molecule has 78 valence electrons. The SMILES string of the molecule is Oc1ccc(O)cc1.Oc1ccccc1. The van der Waals surface area contributed by atoms with Gasteiger partial charge in [-0.3, -0.25) is 0 Å². The van der Waals surface area contributed by atoms with E-state index in [1.54, 1.807) is 24.3 Å². The lowest BCUT2D eigenvalue weighted by Crippen LogP contribution is -1.61. The third-order valence-electron chi connectivity index (χ3n) is 1.61. The van der Waals surface area contributed by atoms with E-state index in [1.807, 2.05) is 6.07 Å². The summed E-state index contributed by atoms with van der Waals surface area (Å²) < 4.78 is 0. The molecule has 3 heteroatoms. The summed E-state index contributed by atoms with van der Waals surface area (Å²) in [4.78, 5) is 0. The van der Waals surface area contributed by atoms with Gasteiger partial charge in [0, 0.05) is 0 Å². The van der Waals surface area contributed by atoms with Crippen molar-refractivity contribution in [2.45, 2.75) is 0 Å². The van der Waals surface area contributed by atoms with Crippen molar-refractivity contribution in [1.29, 1.82) is 0 Å². The molecular weight excluding hydrogens is 192 g/mol. The lowest BCUT2D eigenvalue weighted by Gasteiger charge is -1.88. The lowest BCUT2D eigenvalue weighted by atomic mass is 10.3. The first kappa shape index (κ1) is 10.9. The molecule has 0 heterocycles. The molecule has 0 aliphatic heterocycles. The van der Waals surface area contributed by atoms with Gasteiger partial charge in [-0.1, -0.05) is 18.2 Å². The average molecular weight is 204 g/mol. The van der Waals surface area contributed by atoms with E-state index in [4.69, 9.17) is 15.3 Å². The predicted molar refractivity (Wildman–Crippen MR) is 57.9 cm³/mol. The standard InChI is InChI=1S/C6H6O2.C6H6O/c7-5-1-2-6(8)4-3-5;7-6-4-2-1-3-5-6/h1-4,7-8H;1-5,7H. The normalized spacial score (nSPS) is 8.80. The molecule has 0 spiro atoms. The van der Waals surface area contributed by atoms with E-state index >= 15 is 0 Å². The second-order valence-electron chi connectivity index (χ2n) is 2.85. The molecular formula is C12H12O3. The Morgan fingerprint density at radius 1 is 0.467 bits per heavy atom. The highest BCUT2D eigenvalue weighted by atomic mass is 16.3. The van der Waals surface area contributed by atoms with E-state index < -0.39 is 0 Å². The van der Waals surface area contributed by atoms with Crippen LogP contribution >= 0.6 is 0 Å². The first-order valence-electron chi connectivity index (χ1n) is 4.40. The zero-order valence-corrected chi connectivity index (χ0v) is 8.04. The third-order valence-corrected chi connectivity index (χ3v) is 1.61. The van der Waals surface area contributed by atoms with Crippen molar-refractivity contribution < 1.29 is 15.3 Å². The number of hydrogen-bond acceptors (Lipinski definition) is 3. The average Bonchev–Trinajstić information content (AvgIpc) is 2.25. The van der Waals surface area contributed by atoms with Gasteiger partial charge in [0.15, 0.2) is 0 Å². The molecule has 15 heavy (non-hydrogen) atoms. The van der Waals surface area contributed by atoms with Crippen LogP contribution < -0.4 is 0 Å². The van der Waals surface area contributed by atoms with Gasteiger partial charge >= 0.3 is 0 Å². The maximum Gasteiger partial charge on any atom is 0.115 e. The van der Waals surface area contributed by atoms with Crippen molar-refractivity contribution in [3.8, 4) is 17.2 Å². The Morgan fingerprint density at radius 3 is 1.07 bits per heavy atom. The highest BCUT2D eigenvalue weighted by Gasteiger charge is 1.84. The monoisotopic (exact) mass is 204 g/mol. The van der Waals surface area contributed by atoms with Gasteiger partial charge < -0.3 is 15.3 Å². The predicted octanol–water partition coefficient (Wildman–Crippen LogP) is 2.49. The van der Waals surface area contributed by atoms with Crippen LogP contribution in [-0.2, 0) is 0 Å². The summed E-state index contributed by atoms with van der Waals surface area (Å²) in [5, 5.41) is 25.9. The van der Waals surface area contributed by atoms with Gasteiger partial charge in [0.1, 0.15) is 17.2 Å². The summed E-state index contributed by atoms with van der Waals surface area (Å²) in [6.07, 6.45) is 0. The number of hydrogen-bond donors (Lipinski definition) is 3. The first-order valence-corrected chi connectivity index (χ1v) is 4.40. The topological polar surface area (TPSA) is 60.7 Å². The fourth-order valence-corrected chi connectivity index (χ4v) is 0.881. The molecule has 0 unspecified atom stereocenters. The molecule has 0 fully saturated rings. The molecule has 3 N–H and O–H groups in total. The molecule has 0 aliphatic rings. The van der Waals surface area contributed by atoms with Crippen LogP contribution in [0.15, 0.2) is 54.6 Å². The number of aromatic hydroxyl groups is 3. The quantitative estimate of drug-likeness (QED) is 0.578. The van der Waals surface area contributed by atoms with E-state index in [0.717, 1.165) is 0 Å². The zero-order valence-electron chi connectivity index (χ0n) is 8.04. The summed E-state index contributed by atoms with van der Waals surface area (Å²) in [6, 6.07) is 14.4. The fraction of sp³-hybridized carbons (Fsp3) is 0. The van der Waals surface area contributed by atoms with Crippen LogP contribution in [0.3, 0.4) is 0 Å². The van der Waals surface area contributed by atoms with Gasteiger partial charge in [0.25, 0.3) is 0 Å². The fourth-order valence-electron chi connectivity index (χ4n) is 0.881. The molecule has 0 aromatic heterocycles. The van der Waals surface area contributed by atoms with Crippen LogP contribution in [0.25, 0.3) is 0 Å². The number of rotatable bonds is 0. The van der Waals surface area contributed by atoms with E-state index in [9.17, 15) is 0 Å². The molecule has 2 aromatic rings. The minimum absolute atomic E-state index is 0.169. The first-order chi connectivity index (χ1) is 7.18. The van der Waals surface area contributed by atoms with Gasteiger partial charge in [-0.2, -0.15) is 0 Å². The summed E-state index contributed by atoms with van der Waals surface area (Å²) in [7, 11) is 0. The van der Waals surface area contributed by atoms with Gasteiger partial charge in [0.05, 0.1) is 0 Å². The second-order valence-corrected chi connectivity index (χ2v) is 2.85. The van der Waals surface area contributed by atoms with E-state index in [2.05, 4.69) is 0 Å². The number of para-hydroxylation sites is 1. The number of phenols is 3. The summed E-state index contributed by atoms with van der Waals surface area (Å²) in [6.45, 7) is 0. The largest absolute Gasteiger partial charge is 0.508 e. The van der Waals surface area contributed by atoms with Gasteiger partial charge in [0.2, 0.25) is 0 Å². The Balaban J connectivity index is 0.000000151. The molecule has 0 bridgehead atoms. The van der Waals surface area contributed by atoms with E-state index in [1.165, 1.54) is 24.3 Å². The minimum Gasteiger partial charge on any atom is -0.508 e. The van der Waals surface area contributed by atoms with Crippen LogP contribution in [0.5, 0.6) is 17.2 Å². The van der Waals surface area contributed by atoms with Crippen molar-refractivity contribution in [3.05, 3.63) is 54.6 Å². The Kier molecular flexibility index (Phi) is 4.04. The van der Waals surface area contributed by atoms with Gasteiger partial charge in [-0.15, -0.1) is 0 Å². The smallest absolute Gasteiger partial charge is 0.115 e. The van der Waals surface area contributed by atoms with Crippen LogP contribution in [0.2, 0.25) is 0 Å². The Labute approximate surface area is 87.9 Å². The Bertz CT molecular complexity index is 360. The van der Waals surface area contributed by atoms with Crippen molar-refractivity contribution in [1.82, 2.24) is 0 Å². The molecule has 3 nitrogen and oxygen atoms in total. The second kappa shape index (κ2) is 5.54. The summed E-state index contributed by atoms with van der Waals surface area (Å²) in [5.41, 5.74) is 0. The highest BCUT2D eigenvalue weighted by Crippen LogP contribution is 2.13. The Morgan fingerprint density at radius 2 is 0.800 bits per heavy atom. The Hall–Kier alpha value is -2.16. The molecule has 0 aliphatic carbocycles. The van der Waals surface area contributed by atoms with Crippen molar-refractivity contribution in [3.63, 3.8) is 0 Å². The number of phenolic OH excluding ortho intramolecular Hbond substituents is 3. The number of benzene rings is 2. The highest BCUT2D eigenvalue weighted by molar-refractivity contribution is 5.28. The van der Waals surface area contributed by atoms with Crippen LogP contribution in [0.1, 0.15) is 0 Å². The maximum atomic E-state index is 8.65. The minimum atomic E-state index is 0.169. The molecule has 0 radical (unpaired) electrons. The zero-order chi connectivity index (χ0) is 11.1. The molecule has 0 amide bonds. The van der Waals surface area contributed by atoms with Crippen molar-refractivity contribution in [2.24, 2.45) is 0 Å². The molecule has 0 saturated carbocycles. The van der Waals surface area contributed by atoms with Crippen molar-refractivity contribution >= 4 is 0 Å². The molecule has 2 aromatic carbocycles. The maximum absolute atomic E-state index is 8.65. The van der Waals surface area contributed by atoms with E-state index in [-0.39, 0.29) is 11.5 Å². The molecule has 0 saturated heterocycles. The third kappa shape index (κ3) is 4.57. The van der Waals surface area contributed by atoms with Crippen LogP contribution in [0, 0.1) is 0 Å². The van der Waals surface area contributed by atoms with E-state index in [0.29, 0.717) is 5.75 Å². The summed E-state index contributed by atoms with van der Waals surface area (Å²) in [5.74, 6) is 0.660. The summed E-state index contributed by atoms with van der Waals surface area (Å²) >= 11 is 0. The molecule has 2 rings (SSSR count). The van der Waals surface area contributed by atoms with Gasteiger partial charge in [-0.05, 0) is 36.4 Å².